The van der Waals surface area contributed by atoms with Crippen LogP contribution in [0.15, 0.2) is 24.3 Å². The van der Waals surface area contributed by atoms with E-state index < -0.39 is 0 Å². The molecule has 2 bridgehead atoms. The molecule has 3 aliphatic heterocycles. The summed E-state index contributed by atoms with van der Waals surface area (Å²) in [5, 5.41) is 0. The Morgan fingerprint density at radius 1 is 1.24 bits per heavy atom. The number of fused-ring (bicyclic) bond motifs is 3. The van der Waals surface area contributed by atoms with Gasteiger partial charge in [0.15, 0.2) is 0 Å². The van der Waals surface area contributed by atoms with E-state index in [0.717, 1.165) is 13.0 Å². The fourth-order valence-electron chi connectivity index (χ4n) is 3.79. The van der Waals surface area contributed by atoms with Crippen molar-refractivity contribution in [1.82, 2.24) is 15.2 Å². The van der Waals surface area contributed by atoms with Crippen molar-refractivity contribution in [3.63, 3.8) is 0 Å². The predicted molar refractivity (Wildman–Crippen MR) is 86.8 cm³/mol. The van der Waals surface area contributed by atoms with E-state index in [4.69, 9.17) is 5.84 Å². The minimum Gasteiger partial charge on any atom is -0.299 e. The van der Waals surface area contributed by atoms with Crippen molar-refractivity contribution < 1.29 is 0 Å². The molecule has 4 rings (SSSR count). The lowest BCUT2D eigenvalue weighted by atomic mass is 9.92. The van der Waals surface area contributed by atoms with Crippen LogP contribution in [-0.2, 0) is 6.42 Å². The number of nitrogens with two attached hydrogens (primary N) is 1. The molecular weight excluding hydrogens is 260 g/mol. The van der Waals surface area contributed by atoms with Gasteiger partial charge in [-0.25, -0.2) is 0 Å². The van der Waals surface area contributed by atoms with Gasteiger partial charge < -0.3 is 0 Å². The van der Waals surface area contributed by atoms with Crippen molar-refractivity contribution in [1.29, 1.82) is 0 Å². The van der Waals surface area contributed by atoms with Gasteiger partial charge in [-0.1, -0.05) is 38.1 Å². The fraction of sp³-hybridized carbons (Fsp3) is 0.647. The molecule has 0 aromatic heterocycles. The lowest BCUT2D eigenvalue weighted by Crippen LogP contribution is -2.64. The van der Waals surface area contributed by atoms with Crippen LogP contribution in [0, 0.1) is 5.92 Å². The van der Waals surface area contributed by atoms with Crippen LogP contribution < -0.4 is 11.3 Å². The van der Waals surface area contributed by atoms with Gasteiger partial charge in [0.1, 0.15) is 0 Å². The molecule has 2 atom stereocenters. The number of rotatable bonds is 5. The van der Waals surface area contributed by atoms with E-state index in [1.165, 1.54) is 37.3 Å². The maximum atomic E-state index is 5.92. The standard InChI is InChI=1S/C17H28N4/c1-13(2)10-14-4-3-5-15(11-14)17(19-18)16-12-20-6-8-21(16)9-7-20/h3-5,11,13,16-17,19H,6-10,12,18H2,1-2H3. The van der Waals surface area contributed by atoms with E-state index in [1.807, 2.05) is 0 Å². The lowest BCUT2D eigenvalue weighted by Gasteiger charge is -2.50. The third-order valence-electron chi connectivity index (χ3n) is 4.84. The van der Waals surface area contributed by atoms with E-state index in [0.29, 0.717) is 12.0 Å². The summed E-state index contributed by atoms with van der Waals surface area (Å²) in [5.41, 5.74) is 5.83. The molecule has 0 saturated carbocycles. The summed E-state index contributed by atoms with van der Waals surface area (Å²) < 4.78 is 0. The second-order valence-electron chi connectivity index (χ2n) is 6.89. The van der Waals surface area contributed by atoms with E-state index in [2.05, 4.69) is 53.3 Å². The molecular formula is C17H28N4. The number of piperazine rings is 3. The molecule has 3 aliphatic rings. The second-order valence-corrected chi connectivity index (χ2v) is 6.89. The SMILES string of the molecule is CC(C)Cc1cccc(C(NN)C2CN3CCN2CC3)c1. The van der Waals surface area contributed by atoms with Crippen molar-refractivity contribution >= 4 is 0 Å². The zero-order chi connectivity index (χ0) is 14.8. The van der Waals surface area contributed by atoms with Crippen LogP contribution >= 0.6 is 0 Å². The lowest BCUT2D eigenvalue weighted by molar-refractivity contribution is -0.00370. The first-order valence-corrected chi connectivity index (χ1v) is 8.18. The van der Waals surface area contributed by atoms with Gasteiger partial charge in [0.2, 0.25) is 0 Å². The molecule has 0 radical (unpaired) electrons. The quantitative estimate of drug-likeness (QED) is 0.635. The van der Waals surface area contributed by atoms with Crippen LogP contribution in [0.3, 0.4) is 0 Å². The molecule has 3 fully saturated rings. The molecule has 3 heterocycles. The number of nitrogens with one attached hydrogen (secondary N) is 1. The highest BCUT2D eigenvalue weighted by atomic mass is 15.4. The Kier molecular flexibility index (Phi) is 4.60. The van der Waals surface area contributed by atoms with Gasteiger partial charge in [-0.2, -0.15) is 0 Å². The van der Waals surface area contributed by atoms with Crippen LogP contribution in [-0.4, -0.2) is 48.6 Å². The van der Waals surface area contributed by atoms with Crippen LogP contribution in [0.25, 0.3) is 0 Å². The molecule has 4 nitrogen and oxygen atoms in total. The minimum atomic E-state index is 0.222. The van der Waals surface area contributed by atoms with Gasteiger partial charge in [-0.15, -0.1) is 0 Å². The Bertz CT molecular complexity index is 466. The number of hydrogen-bond donors (Lipinski definition) is 2. The van der Waals surface area contributed by atoms with E-state index in [1.54, 1.807) is 0 Å². The van der Waals surface area contributed by atoms with Gasteiger partial charge in [-0.3, -0.25) is 21.1 Å². The first-order valence-electron chi connectivity index (χ1n) is 8.18. The smallest absolute Gasteiger partial charge is 0.0627 e. The second kappa shape index (κ2) is 6.44. The molecule has 116 valence electrons. The van der Waals surface area contributed by atoms with Crippen molar-refractivity contribution in [3.05, 3.63) is 35.4 Å². The number of hydrogen-bond acceptors (Lipinski definition) is 4. The van der Waals surface area contributed by atoms with Crippen LogP contribution in [0.2, 0.25) is 0 Å². The first kappa shape index (κ1) is 15.0. The summed E-state index contributed by atoms with van der Waals surface area (Å²) >= 11 is 0. The molecule has 3 saturated heterocycles. The Hall–Kier alpha value is -0.940. The Labute approximate surface area is 128 Å². The monoisotopic (exact) mass is 288 g/mol. The average Bonchev–Trinajstić information content (AvgIpc) is 2.49. The van der Waals surface area contributed by atoms with Crippen molar-refractivity contribution in [2.24, 2.45) is 11.8 Å². The Morgan fingerprint density at radius 3 is 2.57 bits per heavy atom. The number of hydrazine groups is 1. The molecule has 1 aromatic rings. The Morgan fingerprint density at radius 2 is 2.00 bits per heavy atom. The third kappa shape index (κ3) is 3.29. The maximum Gasteiger partial charge on any atom is 0.0627 e. The van der Waals surface area contributed by atoms with Gasteiger partial charge >= 0.3 is 0 Å². The number of nitrogens with zero attached hydrogens (tertiary/aromatic N) is 2. The highest BCUT2D eigenvalue weighted by molar-refractivity contribution is 5.28. The minimum absolute atomic E-state index is 0.222. The van der Waals surface area contributed by atoms with E-state index >= 15 is 0 Å². The van der Waals surface area contributed by atoms with E-state index in [9.17, 15) is 0 Å². The third-order valence-corrected chi connectivity index (χ3v) is 4.84. The molecule has 1 aromatic carbocycles. The van der Waals surface area contributed by atoms with Crippen molar-refractivity contribution in [2.75, 3.05) is 32.7 Å². The highest BCUT2D eigenvalue weighted by Gasteiger charge is 2.37. The zero-order valence-corrected chi connectivity index (χ0v) is 13.3. The maximum absolute atomic E-state index is 5.92. The zero-order valence-electron chi connectivity index (χ0n) is 13.3. The summed E-state index contributed by atoms with van der Waals surface area (Å²) in [6, 6.07) is 9.67. The number of benzene rings is 1. The predicted octanol–water partition coefficient (Wildman–Crippen LogP) is 1.39. The topological polar surface area (TPSA) is 44.5 Å². The highest BCUT2D eigenvalue weighted by Crippen LogP contribution is 2.27. The van der Waals surface area contributed by atoms with E-state index in [-0.39, 0.29) is 6.04 Å². The normalized spacial score (nSPS) is 29.8. The summed E-state index contributed by atoms with van der Waals surface area (Å²) in [4.78, 5) is 5.16. The molecule has 2 unspecified atom stereocenters. The summed E-state index contributed by atoms with van der Waals surface area (Å²) in [7, 11) is 0. The molecule has 3 N–H and O–H groups in total. The average molecular weight is 288 g/mol. The van der Waals surface area contributed by atoms with Gasteiger partial charge in [0.25, 0.3) is 0 Å². The van der Waals surface area contributed by atoms with Crippen LogP contribution in [0.1, 0.15) is 31.0 Å². The summed E-state index contributed by atoms with van der Waals surface area (Å²) in [6.07, 6.45) is 1.13. The van der Waals surface area contributed by atoms with Crippen molar-refractivity contribution in [2.45, 2.75) is 32.4 Å². The van der Waals surface area contributed by atoms with Gasteiger partial charge in [-0.05, 0) is 23.5 Å². The van der Waals surface area contributed by atoms with Crippen molar-refractivity contribution in [3.8, 4) is 0 Å². The molecule has 0 aliphatic carbocycles. The largest absolute Gasteiger partial charge is 0.299 e. The molecule has 0 amide bonds. The molecule has 0 spiro atoms. The summed E-state index contributed by atoms with van der Waals surface area (Å²) in [5.74, 6) is 6.61. The van der Waals surface area contributed by atoms with Gasteiger partial charge in [0, 0.05) is 38.8 Å². The fourth-order valence-corrected chi connectivity index (χ4v) is 3.79. The Balaban J connectivity index is 1.79. The molecule has 21 heavy (non-hydrogen) atoms. The van der Waals surface area contributed by atoms with Crippen LogP contribution in [0.4, 0.5) is 0 Å². The molecule has 4 heteroatoms. The van der Waals surface area contributed by atoms with Gasteiger partial charge in [0.05, 0.1) is 6.04 Å². The van der Waals surface area contributed by atoms with Crippen LogP contribution in [0.5, 0.6) is 0 Å². The summed E-state index contributed by atoms with van der Waals surface area (Å²) in [6.45, 7) is 10.4. The first-order chi connectivity index (χ1) is 10.2.